The van der Waals surface area contributed by atoms with Crippen LogP contribution in [0.1, 0.15) is 39.3 Å². The summed E-state index contributed by atoms with van der Waals surface area (Å²) in [5.74, 6) is 0.627. The van der Waals surface area contributed by atoms with Crippen molar-refractivity contribution in [3.63, 3.8) is 0 Å². The standard InChI is InChI=1S/C19H22N2OS/c1-11-17(21-14-8-6-5-7-13(14)20-11)23-16-15(22)12-9-10-19(16,4)18(12,2)3/h5-8,12,16H,9-10H2,1-4H3/t12-,16-,19-/m0/s1. The van der Waals surface area contributed by atoms with E-state index in [-0.39, 0.29) is 22.0 Å². The third kappa shape index (κ3) is 1.94. The van der Waals surface area contributed by atoms with Crippen molar-refractivity contribution in [2.24, 2.45) is 16.7 Å². The molecular formula is C19H22N2OS. The molecule has 0 radical (unpaired) electrons. The average molecular weight is 326 g/mol. The van der Waals surface area contributed by atoms with Crippen LogP contribution in [0.15, 0.2) is 29.3 Å². The number of carbonyl (C=O) groups is 1. The first kappa shape index (κ1) is 15.1. The monoisotopic (exact) mass is 326 g/mol. The lowest BCUT2D eigenvalue weighted by Gasteiger charge is -2.37. The Morgan fingerprint density at radius 1 is 1.13 bits per heavy atom. The molecule has 3 atom stereocenters. The summed E-state index contributed by atoms with van der Waals surface area (Å²) in [5, 5.41) is 0.914. The number of Topliss-reactive ketones (excluding diaryl/α,β-unsaturated/α-hetero) is 1. The van der Waals surface area contributed by atoms with Crippen LogP contribution in [0.5, 0.6) is 0 Å². The molecule has 1 aromatic heterocycles. The van der Waals surface area contributed by atoms with Crippen molar-refractivity contribution in [2.75, 3.05) is 0 Å². The van der Waals surface area contributed by atoms with Gasteiger partial charge in [-0.25, -0.2) is 9.97 Å². The molecule has 23 heavy (non-hydrogen) atoms. The van der Waals surface area contributed by atoms with Crippen LogP contribution in [-0.4, -0.2) is 21.0 Å². The average Bonchev–Trinajstić information content (AvgIpc) is 2.81. The summed E-state index contributed by atoms with van der Waals surface area (Å²) in [6.45, 7) is 8.82. The van der Waals surface area contributed by atoms with E-state index in [1.807, 2.05) is 31.2 Å². The number of rotatable bonds is 2. The smallest absolute Gasteiger partial charge is 0.150 e. The molecule has 1 aromatic carbocycles. The highest BCUT2D eigenvalue weighted by Gasteiger charge is 2.66. The number of fused-ring (bicyclic) bond motifs is 3. The van der Waals surface area contributed by atoms with Gasteiger partial charge in [-0.05, 0) is 42.7 Å². The maximum absolute atomic E-state index is 12.9. The van der Waals surface area contributed by atoms with Crippen LogP contribution in [-0.2, 0) is 4.79 Å². The van der Waals surface area contributed by atoms with Gasteiger partial charge < -0.3 is 0 Å². The molecule has 3 nitrogen and oxygen atoms in total. The minimum absolute atomic E-state index is 0.00501. The number of carbonyl (C=O) groups excluding carboxylic acids is 1. The number of para-hydroxylation sites is 2. The lowest BCUT2D eigenvalue weighted by atomic mass is 9.71. The molecule has 4 heteroatoms. The molecule has 4 rings (SSSR count). The highest BCUT2D eigenvalue weighted by Crippen LogP contribution is 2.67. The fourth-order valence-electron chi connectivity index (χ4n) is 4.47. The number of aromatic nitrogens is 2. The van der Waals surface area contributed by atoms with Crippen molar-refractivity contribution in [1.82, 2.24) is 9.97 Å². The van der Waals surface area contributed by atoms with Crippen LogP contribution in [0.2, 0.25) is 0 Å². The Bertz CT molecular complexity index is 816. The van der Waals surface area contributed by atoms with Gasteiger partial charge in [-0.1, -0.05) is 44.7 Å². The molecule has 0 spiro atoms. The van der Waals surface area contributed by atoms with Gasteiger partial charge in [0.1, 0.15) is 10.8 Å². The predicted octanol–water partition coefficient (Wildman–Crippen LogP) is 4.42. The largest absolute Gasteiger partial charge is 0.298 e. The summed E-state index contributed by atoms with van der Waals surface area (Å²) in [6, 6.07) is 7.93. The SMILES string of the molecule is Cc1nc2ccccc2nc1S[C@H]1C(=O)[C@@H]2CC[C@]1(C)C2(C)C. The maximum atomic E-state index is 12.9. The topological polar surface area (TPSA) is 42.9 Å². The molecule has 1 heterocycles. The summed E-state index contributed by atoms with van der Waals surface area (Å²) in [6.07, 6.45) is 2.18. The second-order valence-electron chi connectivity index (χ2n) is 7.73. The fourth-order valence-corrected chi connectivity index (χ4v) is 6.02. The normalized spacial score (nSPS) is 31.9. The highest BCUT2D eigenvalue weighted by atomic mass is 32.2. The first-order valence-corrected chi connectivity index (χ1v) is 9.16. The second kappa shape index (κ2) is 4.79. The third-order valence-corrected chi connectivity index (χ3v) is 8.01. The molecule has 2 aliphatic carbocycles. The molecule has 2 saturated carbocycles. The summed E-state index contributed by atoms with van der Waals surface area (Å²) in [7, 11) is 0. The number of hydrogen-bond donors (Lipinski definition) is 0. The van der Waals surface area contributed by atoms with Crippen LogP contribution in [0.4, 0.5) is 0 Å². The van der Waals surface area contributed by atoms with Gasteiger partial charge in [0.2, 0.25) is 0 Å². The van der Waals surface area contributed by atoms with Gasteiger partial charge in [-0.15, -0.1) is 0 Å². The van der Waals surface area contributed by atoms with Crippen molar-refractivity contribution < 1.29 is 4.79 Å². The molecule has 0 saturated heterocycles. The molecule has 0 N–H and O–H groups in total. The number of ketones is 1. The van der Waals surface area contributed by atoms with Gasteiger partial charge >= 0.3 is 0 Å². The van der Waals surface area contributed by atoms with E-state index in [9.17, 15) is 4.79 Å². The quantitative estimate of drug-likeness (QED) is 0.819. The van der Waals surface area contributed by atoms with E-state index in [1.165, 1.54) is 0 Å². The number of benzene rings is 1. The van der Waals surface area contributed by atoms with E-state index in [1.54, 1.807) is 11.8 Å². The van der Waals surface area contributed by atoms with Gasteiger partial charge in [0, 0.05) is 5.92 Å². The van der Waals surface area contributed by atoms with Gasteiger partial charge in [0.25, 0.3) is 0 Å². The van der Waals surface area contributed by atoms with E-state index in [2.05, 4.69) is 25.8 Å². The fraction of sp³-hybridized carbons (Fsp3) is 0.526. The lowest BCUT2D eigenvalue weighted by Crippen LogP contribution is -2.35. The predicted molar refractivity (Wildman–Crippen MR) is 93.5 cm³/mol. The Kier molecular flexibility index (Phi) is 3.15. The molecule has 2 fully saturated rings. The van der Waals surface area contributed by atoms with E-state index in [0.717, 1.165) is 34.6 Å². The summed E-state index contributed by atoms with van der Waals surface area (Å²) >= 11 is 1.64. The molecule has 2 aromatic rings. The van der Waals surface area contributed by atoms with Crippen LogP contribution in [0, 0.1) is 23.7 Å². The van der Waals surface area contributed by atoms with Crippen LogP contribution in [0.25, 0.3) is 11.0 Å². The lowest BCUT2D eigenvalue weighted by molar-refractivity contribution is -0.122. The summed E-state index contributed by atoms with van der Waals surface area (Å²) < 4.78 is 0. The number of hydrogen-bond acceptors (Lipinski definition) is 4. The number of nitrogens with zero attached hydrogens (tertiary/aromatic N) is 2. The minimum Gasteiger partial charge on any atom is -0.298 e. The number of thioether (sulfide) groups is 1. The number of aryl methyl sites for hydroxylation is 1. The summed E-state index contributed by atoms with van der Waals surface area (Å²) in [5.41, 5.74) is 2.88. The van der Waals surface area contributed by atoms with Gasteiger partial charge in [-0.3, -0.25) is 4.79 Å². The van der Waals surface area contributed by atoms with Gasteiger partial charge in [0.05, 0.1) is 22.0 Å². The Morgan fingerprint density at radius 2 is 1.78 bits per heavy atom. The van der Waals surface area contributed by atoms with Crippen molar-refractivity contribution >= 4 is 28.6 Å². The van der Waals surface area contributed by atoms with E-state index < -0.39 is 0 Å². The molecule has 2 aliphatic rings. The molecule has 2 bridgehead atoms. The maximum Gasteiger partial charge on any atom is 0.150 e. The Hall–Kier alpha value is -1.42. The zero-order chi connectivity index (χ0) is 16.4. The van der Waals surface area contributed by atoms with E-state index >= 15 is 0 Å². The van der Waals surface area contributed by atoms with E-state index in [4.69, 9.17) is 4.98 Å². The van der Waals surface area contributed by atoms with E-state index in [0.29, 0.717) is 5.78 Å². The Morgan fingerprint density at radius 3 is 2.39 bits per heavy atom. The molecule has 0 unspecified atom stereocenters. The van der Waals surface area contributed by atoms with Crippen molar-refractivity contribution in [3.8, 4) is 0 Å². The van der Waals surface area contributed by atoms with Gasteiger partial charge in [0.15, 0.2) is 0 Å². The molecule has 0 aliphatic heterocycles. The van der Waals surface area contributed by atoms with Crippen LogP contribution < -0.4 is 0 Å². The Balaban J connectivity index is 1.74. The second-order valence-corrected chi connectivity index (χ2v) is 8.83. The zero-order valence-corrected chi connectivity index (χ0v) is 14.9. The van der Waals surface area contributed by atoms with Crippen molar-refractivity contribution in [1.29, 1.82) is 0 Å². The van der Waals surface area contributed by atoms with Crippen molar-refractivity contribution in [2.45, 2.75) is 50.8 Å². The zero-order valence-electron chi connectivity index (χ0n) is 14.1. The van der Waals surface area contributed by atoms with Gasteiger partial charge in [-0.2, -0.15) is 0 Å². The first-order valence-electron chi connectivity index (χ1n) is 8.28. The van der Waals surface area contributed by atoms with Crippen LogP contribution in [0.3, 0.4) is 0 Å². The highest BCUT2D eigenvalue weighted by molar-refractivity contribution is 8.00. The van der Waals surface area contributed by atoms with Crippen molar-refractivity contribution in [3.05, 3.63) is 30.0 Å². The third-order valence-electron chi connectivity index (χ3n) is 6.41. The Labute approximate surface area is 141 Å². The molecule has 120 valence electrons. The minimum atomic E-state index is 0.00501. The first-order chi connectivity index (χ1) is 10.8. The molecular weight excluding hydrogens is 304 g/mol. The summed E-state index contributed by atoms with van der Waals surface area (Å²) in [4.78, 5) is 22.4. The van der Waals surface area contributed by atoms with Crippen LogP contribution >= 0.6 is 11.8 Å². The molecule has 0 amide bonds.